The van der Waals surface area contributed by atoms with E-state index in [0.717, 1.165) is 5.56 Å². The van der Waals surface area contributed by atoms with Gasteiger partial charge in [-0.15, -0.1) is 11.6 Å². The number of nitrogens with one attached hydrogen (secondary N) is 1. The van der Waals surface area contributed by atoms with Gasteiger partial charge in [0.15, 0.2) is 5.78 Å². The van der Waals surface area contributed by atoms with Gasteiger partial charge in [-0.05, 0) is 24.3 Å². The lowest BCUT2D eigenvalue weighted by Gasteiger charge is -2.03. The highest BCUT2D eigenvalue weighted by molar-refractivity contribution is 6.17. The Hall–Kier alpha value is -2.40. The van der Waals surface area contributed by atoms with Crippen LogP contribution in [0.15, 0.2) is 42.7 Å². The Morgan fingerprint density at radius 2 is 2.23 bits per heavy atom. The minimum atomic E-state index is -0.174. The van der Waals surface area contributed by atoms with Crippen LogP contribution >= 0.6 is 11.6 Å². The zero-order valence-electron chi connectivity index (χ0n) is 12.1. The van der Waals surface area contributed by atoms with Crippen LogP contribution in [0.5, 0.6) is 0 Å². The molecule has 1 aromatic heterocycles. The number of anilines is 1. The number of amides is 1. The number of ketones is 1. The first-order valence-electron chi connectivity index (χ1n) is 6.77. The summed E-state index contributed by atoms with van der Waals surface area (Å²) in [7, 11) is 0. The number of benzene rings is 1. The summed E-state index contributed by atoms with van der Waals surface area (Å²) in [6, 6.07) is 6.81. The number of allylic oxidation sites excluding steroid dienone is 1. The third-order valence-corrected chi connectivity index (χ3v) is 3.03. The fraction of sp³-hybridized carbons (Fsp3) is 0.188. The first-order chi connectivity index (χ1) is 10.6. The van der Waals surface area contributed by atoms with Gasteiger partial charge in [-0.1, -0.05) is 12.1 Å². The molecule has 2 aromatic rings. The summed E-state index contributed by atoms with van der Waals surface area (Å²) in [6.07, 6.45) is 6.67. The zero-order valence-corrected chi connectivity index (χ0v) is 12.9. The highest BCUT2D eigenvalue weighted by atomic mass is 35.5. The van der Waals surface area contributed by atoms with Crippen LogP contribution in [-0.2, 0) is 11.3 Å². The van der Waals surface area contributed by atoms with Gasteiger partial charge in [-0.3, -0.25) is 14.3 Å². The Kier molecular flexibility index (Phi) is 5.49. The van der Waals surface area contributed by atoms with Crippen LogP contribution in [0, 0.1) is 0 Å². The number of nitrogens with zero attached hydrogens (tertiary/aromatic N) is 2. The molecule has 5 nitrogen and oxygen atoms in total. The van der Waals surface area contributed by atoms with Gasteiger partial charge in [0.25, 0.3) is 0 Å². The Bertz CT molecular complexity index is 707. The molecule has 0 unspecified atom stereocenters. The smallest absolute Gasteiger partial charge is 0.221 e. The number of hydrogen-bond donors (Lipinski definition) is 1. The molecule has 0 saturated heterocycles. The number of hydrogen-bond acceptors (Lipinski definition) is 3. The second kappa shape index (κ2) is 7.56. The Balaban J connectivity index is 2.07. The molecule has 0 fully saturated rings. The summed E-state index contributed by atoms with van der Waals surface area (Å²) in [5, 5.41) is 6.78. The number of rotatable bonds is 6. The molecule has 0 atom stereocenters. The van der Waals surface area contributed by atoms with E-state index in [1.165, 1.54) is 13.0 Å². The molecule has 0 aliphatic rings. The predicted molar refractivity (Wildman–Crippen MR) is 87.1 cm³/mol. The first kappa shape index (κ1) is 16.0. The summed E-state index contributed by atoms with van der Waals surface area (Å²) >= 11 is 5.64. The summed E-state index contributed by atoms with van der Waals surface area (Å²) in [4.78, 5) is 23.2. The van der Waals surface area contributed by atoms with E-state index in [-0.39, 0.29) is 11.7 Å². The van der Waals surface area contributed by atoms with Crippen molar-refractivity contribution < 1.29 is 9.59 Å². The summed E-state index contributed by atoms with van der Waals surface area (Å²) in [5.74, 6) is 0.170. The maximum absolute atomic E-state index is 12.1. The van der Waals surface area contributed by atoms with Crippen molar-refractivity contribution >= 4 is 35.1 Å². The normalized spacial score (nSPS) is 10.8. The molecule has 1 heterocycles. The van der Waals surface area contributed by atoms with Gasteiger partial charge >= 0.3 is 0 Å². The van der Waals surface area contributed by atoms with Crippen molar-refractivity contribution in [3.05, 3.63) is 53.9 Å². The van der Waals surface area contributed by atoms with E-state index in [2.05, 4.69) is 10.4 Å². The van der Waals surface area contributed by atoms with Crippen molar-refractivity contribution in [3.63, 3.8) is 0 Å². The lowest BCUT2D eigenvalue weighted by molar-refractivity contribution is -0.114. The van der Waals surface area contributed by atoms with E-state index in [0.29, 0.717) is 23.7 Å². The predicted octanol–water partition coefficient (Wildman–Crippen LogP) is 2.98. The molecule has 114 valence electrons. The first-order valence-corrected chi connectivity index (χ1v) is 7.30. The molecular formula is C16H16ClN3O2. The van der Waals surface area contributed by atoms with Crippen molar-refractivity contribution in [3.8, 4) is 0 Å². The van der Waals surface area contributed by atoms with Crippen LogP contribution in [0.3, 0.4) is 0 Å². The molecule has 0 radical (unpaired) electrons. The third-order valence-electron chi connectivity index (χ3n) is 2.86. The molecule has 1 amide bonds. The van der Waals surface area contributed by atoms with Gasteiger partial charge in [0, 0.05) is 35.8 Å². The number of carbonyl (C=O) groups is 2. The molecule has 22 heavy (non-hydrogen) atoms. The minimum absolute atomic E-state index is 0.141. The molecule has 0 aliphatic heterocycles. The van der Waals surface area contributed by atoms with Crippen molar-refractivity contribution in [1.29, 1.82) is 0 Å². The number of carbonyl (C=O) groups excluding carboxylic acids is 2. The fourth-order valence-electron chi connectivity index (χ4n) is 1.90. The van der Waals surface area contributed by atoms with E-state index in [1.54, 1.807) is 41.2 Å². The quantitative estimate of drug-likeness (QED) is 0.506. The van der Waals surface area contributed by atoms with Gasteiger partial charge in [-0.25, -0.2) is 0 Å². The van der Waals surface area contributed by atoms with E-state index >= 15 is 0 Å². The molecular weight excluding hydrogens is 302 g/mol. The van der Waals surface area contributed by atoms with E-state index in [9.17, 15) is 9.59 Å². The lowest BCUT2D eigenvalue weighted by atomic mass is 10.1. The maximum Gasteiger partial charge on any atom is 0.221 e. The van der Waals surface area contributed by atoms with Crippen LogP contribution in [0.1, 0.15) is 22.8 Å². The van der Waals surface area contributed by atoms with Gasteiger partial charge in [0.2, 0.25) is 5.91 Å². The molecule has 1 aromatic carbocycles. The third kappa shape index (κ3) is 4.56. The number of halogens is 1. The molecule has 1 N–H and O–H groups in total. The fourth-order valence-corrected chi connectivity index (χ4v) is 2.07. The minimum Gasteiger partial charge on any atom is -0.326 e. The van der Waals surface area contributed by atoms with E-state index in [1.807, 2.05) is 6.20 Å². The van der Waals surface area contributed by atoms with Gasteiger partial charge in [-0.2, -0.15) is 5.10 Å². The van der Waals surface area contributed by atoms with Crippen LogP contribution in [0.2, 0.25) is 0 Å². The second-order valence-electron chi connectivity index (χ2n) is 4.69. The van der Waals surface area contributed by atoms with Gasteiger partial charge in [0.1, 0.15) is 0 Å². The van der Waals surface area contributed by atoms with Crippen molar-refractivity contribution in [2.24, 2.45) is 0 Å². The molecule has 0 spiro atoms. The standard InChI is InChI=1S/C16H16ClN3O2/c1-12(21)19-15-4-2-3-14(9-15)16(22)6-5-13-10-18-20(11-13)8-7-17/h2-6,9-11H,7-8H2,1H3,(H,19,21). The number of aromatic nitrogens is 2. The number of aryl methyl sites for hydroxylation is 1. The summed E-state index contributed by atoms with van der Waals surface area (Å²) in [5.41, 5.74) is 1.94. The second-order valence-corrected chi connectivity index (χ2v) is 5.06. The summed E-state index contributed by atoms with van der Waals surface area (Å²) < 4.78 is 1.72. The van der Waals surface area contributed by atoms with Gasteiger partial charge in [0.05, 0.1) is 12.7 Å². The average Bonchev–Trinajstić information content (AvgIpc) is 2.92. The monoisotopic (exact) mass is 317 g/mol. The lowest BCUT2D eigenvalue weighted by Crippen LogP contribution is -2.06. The highest BCUT2D eigenvalue weighted by Gasteiger charge is 2.04. The Morgan fingerprint density at radius 3 is 2.95 bits per heavy atom. The van der Waals surface area contributed by atoms with Crippen molar-refractivity contribution in [2.75, 3.05) is 11.2 Å². The maximum atomic E-state index is 12.1. The molecule has 2 rings (SSSR count). The van der Waals surface area contributed by atoms with Crippen molar-refractivity contribution in [2.45, 2.75) is 13.5 Å². The number of alkyl halides is 1. The van der Waals surface area contributed by atoms with Crippen LogP contribution in [0.4, 0.5) is 5.69 Å². The van der Waals surface area contributed by atoms with Crippen LogP contribution < -0.4 is 5.32 Å². The molecule has 0 aliphatic carbocycles. The Morgan fingerprint density at radius 1 is 1.41 bits per heavy atom. The molecule has 6 heteroatoms. The molecule has 0 saturated carbocycles. The SMILES string of the molecule is CC(=O)Nc1cccc(C(=O)C=Cc2cnn(CCCl)c2)c1. The summed E-state index contributed by atoms with van der Waals surface area (Å²) in [6.45, 7) is 2.05. The molecule has 0 bridgehead atoms. The van der Waals surface area contributed by atoms with Crippen LogP contribution in [-0.4, -0.2) is 27.4 Å². The van der Waals surface area contributed by atoms with Crippen molar-refractivity contribution in [1.82, 2.24) is 9.78 Å². The van der Waals surface area contributed by atoms with Crippen LogP contribution in [0.25, 0.3) is 6.08 Å². The van der Waals surface area contributed by atoms with E-state index in [4.69, 9.17) is 11.6 Å². The Labute approximate surface area is 133 Å². The highest BCUT2D eigenvalue weighted by Crippen LogP contribution is 2.12. The largest absolute Gasteiger partial charge is 0.326 e. The zero-order chi connectivity index (χ0) is 15.9. The average molecular weight is 318 g/mol. The topological polar surface area (TPSA) is 64.0 Å². The van der Waals surface area contributed by atoms with E-state index < -0.39 is 0 Å². The van der Waals surface area contributed by atoms with Gasteiger partial charge < -0.3 is 5.32 Å².